The van der Waals surface area contributed by atoms with Crippen molar-refractivity contribution in [2.45, 2.75) is 13.0 Å². The van der Waals surface area contributed by atoms with E-state index in [2.05, 4.69) is 22.6 Å². The molecular formula is C10H10ClIO2. The number of esters is 1. The van der Waals surface area contributed by atoms with E-state index in [0.29, 0.717) is 0 Å². The van der Waals surface area contributed by atoms with Gasteiger partial charge in [-0.15, -0.1) is 11.6 Å². The van der Waals surface area contributed by atoms with E-state index in [1.54, 1.807) is 0 Å². The van der Waals surface area contributed by atoms with Crippen LogP contribution in [0.3, 0.4) is 0 Å². The van der Waals surface area contributed by atoms with E-state index in [1.165, 1.54) is 0 Å². The lowest BCUT2D eigenvalue weighted by molar-refractivity contribution is -0.145. The SMILES string of the molecule is CC(OC(=O)CCl)c1ccc(I)cc1. The van der Waals surface area contributed by atoms with Crippen molar-refractivity contribution in [3.8, 4) is 0 Å². The number of hydrogen-bond acceptors (Lipinski definition) is 2. The fourth-order valence-corrected chi connectivity index (χ4v) is 1.45. The molecule has 0 radical (unpaired) electrons. The predicted molar refractivity (Wildman–Crippen MR) is 64.4 cm³/mol. The summed E-state index contributed by atoms with van der Waals surface area (Å²) in [4.78, 5) is 10.9. The topological polar surface area (TPSA) is 26.3 Å². The Morgan fingerprint density at radius 3 is 2.57 bits per heavy atom. The van der Waals surface area contributed by atoms with E-state index in [0.717, 1.165) is 9.13 Å². The summed E-state index contributed by atoms with van der Waals surface area (Å²) in [5.41, 5.74) is 0.976. The summed E-state index contributed by atoms with van der Waals surface area (Å²) < 4.78 is 6.21. The molecule has 1 aromatic carbocycles. The van der Waals surface area contributed by atoms with Crippen LogP contribution in [0.5, 0.6) is 0 Å². The average Bonchev–Trinajstić information content (AvgIpc) is 2.18. The average molecular weight is 325 g/mol. The fourth-order valence-electron chi connectivity index (χ4n) is 1.03. The highest BCUT2D eigenvalue weighted by Crippen LogP contribution is 2.18. The van der Waals surface area contributed by atoms with Crippen LogP contribution in [-0.4, -0.2) is 11.8 Å². The minimum absolute atomic E-state index is 0.102. The van der Waals surface area contributed by atoms with E-state index in [4.69, 9.17) is 16.3 Å². The van der Waals surface area contributed by atoms with Gasteiger partial charge in [0.25, 0.3) is 0 Å². The first kappa shape index (κ1) is 11.8. The van der Waals surface area contributed by atoms with E-state index in [9.17, 15) is 4.79 Å². The van der Waals surface area contributed by atoms with Crippen molar-refractivity contribution in [2.24, 2.45) is 0 Å². The van der Waals surface area contributed by atoms with Gasteiger partial charge in [-0.05, 0) is 47.2 Å². The Morgan fingerprint density at radius 2 is 2.07 bits per heavy atom. The monoisotopic (exact) mass is 324 g/mol. The lowest BCUT2D eigenvalue weighted by Crippen LogP contribution is -2.09. The van der Waals surface area contributed by atoms with Crippen LogP contribution in [0.15, 0.2) is 24.3 Å². The molecular weight excluding hydrogens is 314 g/mol. The molecule has 1 aromatic rings. The molecule has 76 valence electrons. The summed E-state index contributed by atoms with van der Waals surface area (Å²) in [6, 6.07) is 7.82. The number of benzene rings is 1. The first-order valence-corrected chi connectivity index (χ1v) is 5.75. The third-order valence-corrected chi connectivity index (χ3v) is 2.69. The molecule has 0 heterocycles. The number of halogens is 2. The number of hydrogen-bond donors (Lipinski definition) is 0. The quantitative estimate of drug-likeness (QED) is 0.485. The van der Waals surface area contributed by atoms with Gasteiger partial charge >= 0.3 is 5.97 Å². The molecule has 1 rings (SSSR count). The molecule has 0 aromatic heterocycles. The first-order chi connectivity index (χ1) is 6.63. The number of rotatable bonds is 3. The van der Waals surface area contributed by atoms with Gasteiger partial charge in [0.05, 0.1) is 0 Å². The third-order valence-electron chi connectivity index (χ3n) is 1.76. The maximum absolute atomic E-state index is 10.9. The number of carbonyl (C=O) groups excluding carboxylic acids is 1. The van der Waals surface area contributed by atoms with E-state index in [1.807, 2.05) is 31.2 Å². The molecule has 0 saturated carbocycles. The maximum Gasteiger partial charge on any atom is 0.321 e. The van der Waals surface area contributed by atoms with Gasteiger partial charge in [0.2, 0.25) is 0 Å². The second kappa shape index (κ2) is 5.56. The lowest BCUT2D eigenvalue weighted by Gasteiger charge is -2.12. The van der Waals surface area contributed by atoms with Crippen molar-refractivity contribution < 1.29 is 9.53 Å². The molecule has 0 N–H and O–H groups in total. The molecule has 14 heavy (non-hydrogen) atoms. The van der Waals surface area contributed by atoms with Crippen LogP contribution >= 0.6 is 34.2 Å². The van der Waals surface area contributed by atoms with Crippen molar-refractivity contribution in [2.75, 3.05) is 5.88 Å². The Labute approximate surface area is 102 Å². The van der Waals surface area contributed by atoms with E-state index in [-0.39, 0.29) is 12.0 Å². The molecule has 0 fully saturated rings. The van der Waals surface area contributed by atoms with Gasteiger partial charge in [-0.25, -0.2) is 0 Å². The summed E-state index contributed by atoms with van der Waals surface area (Å²) in [6.07, 6.45) is -0.238. The number of carbonyl (C=O) groups is 1. The molecule has 1 unspecified atom stereocenters. The lowest BCUT2D eigenvalue weighted by atomic mass is 10.1. The zero-order chi connectivity index (χ0) is 10.6. The zero-order valence-corrected chi connectivity index (χ0v) is 10.6. The van der Waals surface area contributed by atoms with Gasteiger partial charge in [-0.3, -0.25) is 4.79 Å². The van der Waals surface area contributed by atoms with Gasteiger partial charge in [0.1, 0.15) is 12.0 Å². The molecule has 0 aliphatic carbocycles. The van der Waals surface area contributed by atoms with Crippen molar-refractivity contribution in [1.29, 1.82) is 0 Å². The Hall–Kier alpha value is -0.290. The molecule has 0 aliphatic rings. The fraction of sp³-hybridized carbons (Fsp3) is 0.300. The molecule has 2 nitrogen and oxygen atoms in total. The summed E-state index contributed by atoms with van der Waals surface area (Å²) in [5.74, 6) is -0.493. The van der Waals surface area contributed by atoms with E-state index >= 15 is 0 Å². The van der Waals surface area contributed by atoms with Crippen molar-refractivity contribution in [3.05, 3.63) is 33.4 Å². The van der Waals surface area contributed by atoms with E-state index < -0.39 is 5.97 Å². The smallest absolute Gasteiger partial charge is 0.321 e. The molecule has 0 bridgehead atoms. The first-order valence-electron chi connectivity index (χ1n) is 4.14. The second-order valence-electron chi connectivity index (χ2n) is 2.82. The van der Waals surface area contributed by atoms with Crippen LogP contribution in [-0.2, 0) is 9.53 Å². The van der Waals surface area contributed by atoms with Crippen molar-refractivity contribution in [1.82, 2.24) is 0 Å². The van der Waals surface area contributed by atoms with Crippen LogP contribution in [0.4, 0.5) is 0 Å². The molecule has 0 amide bonds. The second-order valence-corrected chi connectivity index (χ2v) is 4.33. The van der Waals surface area contributed by atoms with Crippen molar-refractivity contribution in [3.63, 3.8) is 0 Å². The van der Waals surface area contributed by atoms with Gasteiger partial charge in [-0.1, -0.05) is 12.1 Å². The minimum Gasteiger partial charge on any atom is -0.457 e. The maximum atomic E-state index is 10.9. The van der Waals surface area contributed by atoms with Crippen LogP contribution in [0, 0.1) is 3.57 Å². The summed E-state index contributed by atoms with van der Waals surface area (Å²) >= 11 is 7.56. The molecule has 1 atom stereocenters. The molecule has 4 heteroatoms. The Morgan fingerprint density at radius 1 is 1.50 bits per heavy atom. The molecule has 0 spiro atoms. The Balaban J connectivity index is 2.65. The van der Waals surface area contributed by atoms with Gasteiger partial charge in [-0.2, -0.15) is 0 Å². The largest absolute Gasteiger partial charge is 0.457 e. The van der Waals surface area contributed by atoms with Gasteiger partial charge in [0.15, 0.2) is 0 Å². The van der Waals surface area contributed by atoms with Crippen LogP contribution < -0.4 is 0 Å². The Bertz CT molecular complexity index is 310. The van der Waals surface area contributed by atoms with Crippen LogP contribution in [0.1, 0.15) is 18.6 Å². The number of alkyl halides is 1. The van der Waals surface area contributed by atoms with Crippen LogP contribution in [0.2, 0.25) is 0 Å². The highest BCUT2D eigenvalue weighted by molar-refractivity contribution is 14.1. The number of ether oxygens (including phenoxy) is 1. The zero-order valence-electron chi connectivity index (χ0n) is 7.67. The Kier molecular flexibility index (Phi) is 4.68. The van der Waals surface area contributed by atoms with Crippen LogP contribution in [0.25, 0.3) is 0 Å². The van der Waals surface area contributed by atoms with Gasteiger partial charge < -0.3 is 4.74 Å². The summed E-state index contributed by atoms with van der Waals surface area (Å²) in [7, 11) is 0. The molecule has 0 aliphatic heterocycles. The normalized spacial score (nSPS) is 12.2. The highest BCUT2D eigenvalue weighted by Gasteiger charge is 2.09. The van der Waals surface area contributed by atoms with Crippen molar-refractivity contribution >= 4 is 40.2 Å². The molecule has 0 saturated heterocycles. The summed E-state index contributed by atoms with van der Waals surface area (Å²) in [6.45, 7) is 1.83. The third kappa shape index (κ3) is 3.46. The predicted octanol–water partition coefficient (Wildman–Crippen LogP) is 3.13. The summed E-state index contributed by atoms with van der Waals surface area (Å²) in [5, 5.41) is 0. The highest BCUT2D eigenvalue weighted by atomic mass is 127. The minimum atomic E-state index is -0.391. The van der Waals surface area contributed by atoms with Gasteiger partial charge in [0, 0.05) is 3.57 Å². The standard InChI is InChI=1S/C10H10ClIO2/c1-7(14-10(13)6-11)8-2-4-9(12)5-3-8/h2-5,7H,6H2,1H3.